The van der Waals surface area contributed by atoms with Gasteiger partial charge >= 0.3 is 0 Å². The predicted octanol–water partition coefficient (Wildman–Crippen LogP) is 9.43. The molecule has 0 fully saturated rings. The second kappa shape index (κ2) is 13.2. The van der Waals surface area contributed by atoms with Crippen LogP contribution in [-0.2, 0) is 4.43 Å². The lowest BCUT2D eigenvalue weighted by atomic mass is 9.72. The fourth-order valence-corrected chi connectivity index (χ4v) is 10.4. The van der Waals surface area contributed by atoms with Crippen molar-refractivity contribution in [3.8, 4) is 0 Å². The van der Waals surface area contributed by atoms with Crippen LogP contribution in [0.1, 0.15) is 67.7 Å². The summed E-state index contributed by atoms with van der Waals surface area (Å²) in [6.07, 6.45) is 16.9. The summed E-state index contributed by atoms with van der Waals surface area (Å²) >= 11 is 3.74. The van der Waals surface area contributed by atoms with E-state index >= 15 is 0 Å². The van der Waals surface area contributed by atoms with Gasteiger partial charge in [0.1, 0.15) is 0 Å². The Hall–Kier alpha value is -2.20. The summed E-state index contributed by atoms with van der Waals surface area (Å²) in [7, 11) is -2.53. The van der Waals surface area contributed by atoms with Gasteiger partial charge < -0.3 is 4.43 Å². The maximum absolute atomic E-state index is 6.97. The maximum atomic E-state index is 6.97. The molecule has 1 nitrogen and oxygen atoms in total. The zero-order valence-corrected chi connectivity index (χ0v) is 26.9. The molecule has 0 bridgehead atoms. The molecule has 1 aliphatic rings. The lowest BCUT2D eigenvalue weighted by molar-refractivity contribution is 0.339. The molecule has 0 aromatic heterocycles. The molecule has 0 saturated carbocycles. The molecule has 2 aromatic carbocycles. The lowest BCUT2D eigenvalue weighted by Gasteiger charge is -2.42. The summed E-state index contributed by atoms with van der Waals surface area (Å²) in [4.78, 5) is 0. The van der Waals surface area contributed by atoms with Crippen molar-refractivity contribution in [1.82, 2.24) is 0 Å². The van der Waals surface area contributed by atoms with Crippen molar-refractivity contribution in [3.05, 3.63) is 118 Å². The van der Waals surface area contributed by atoms with Gasteiger partial charge in [-0.2, -0.15) is 0 Å². The van der Waals surface area contributed by atoms with Gasteiger partial charge in [-0.1, -0.05) is 147 Å². The van der Waals surface area contributed by atoms with Crippen LogP contribution in [0, 0.1) is 5.41 Å². The molecule has 3 heteroatoms. The number of rotatable bonds is 9. The first-order valence-corrected chi connectivity index (χ1v) is 16.5. The van der Waals surface area contributed by atoms with Gasteiger partial charge in [0.05, 0.1) is 6.61 Å². The first-order chi connectivity index (χ1) is 18.0. The fourth-order valence-electron chi connectivity index (χ4n) is 5.65. The highest BCUT2D eigenvalue weighted by molar-refractivity contribution is 9.11. The van der Waals surface area contributed by atoms with Crippen LogP contribution in [0.5, 0.6) is 0 Å². The highest BCUT2D eigenvalue weighted by atomic mass is 79.9. The molecule has 0 heterocycles. The molecule has 0 aliphatic heterocycles. The quantitative estimate of drug-likeness (QED) is 0.209. The average molecular weight is 590 g/mol. The third-order valence-corrected chi connectivity index (χ3v) is 13.3. The van der Waals surface area contributed by atoms with Crippen LogP contribution in [0.4, 0.5) is 0 Å². The SMILES string of the molecule is CC1=C(/C=C/C(C)=C/C=C/C(Br)=C/CO[Si](c2ccccc2)(c2ccccc2)C(C)(C)C)C(C)(C)CCC1. The Morgan fingerprint density at radius 3 is 2.08 bits per heavy atom. The number of hydrogen-bond donors (Lipinski definition) is 0. The minimum Gasteiger partial charge on any atom is -0.404 e. The summed E-state index contributed by atoms with van der Waals surface area (Å²) in [5.74, 6) is 0. The molecule has 38 heavy (non-hydrogen) atoms. The zero-order chi connectivity index (χ0) is 27.8. The maximum Gasteiger partial charge on any atom is 0.261 e. The first-order valence-electron chi connectivity index (χ1n) is 13.8. The minimum absolute atomic E-state index is 0.0290. The van der Waals surface area contributed by atoms with Crippen molar-refractivity contribution in [2.75, 3.05) is 6.61 Å². The van der Waals surface area contributed by atoms with Gasteiger partial charge in [0.25, 0.3) is 8.32 Å². The van der Waals surface area contributed by atoms with E-state index in [1.807, 2.05) is 0 Å². The van der Waals surface area contributed by atoms with E-state index in [1.165, 1.54) is 46.4 Å². The van der Waals surface area contributed by atoms with E-state index in [4.69, 9.17) is 4.43 Å². The second-order valence-corrected chi connectivity index (χ2v) is 17.3. The van der Waals surface area contributed by atoms with Crippen molar-refractivity contribution in [1.29, 1.82) is 0 Å². The van der Waals surface area contributed by atoms with Crippen LogP contribution < -0.4 is 10.4 Å². The third kappa shape index (κ3) is 7.46. The van der Waals surface area contributed by atoms with E-state index in [-0.39, 0.29) is 10.5 Å². The number of halogens is 1. The summed E-state index contributed by atoms with van der Waals surface area (Å²) in [5, 5.41) is 2.57. The van der Waals surface area contributed by atoms with Crippen molar-refractivity contribution in [2.24, 2.45) is 5.41 Å². The molecule has 1 aliphatic carbocycles. The van der Waals surface area contributed by atoms with E-state index < -0.39 is 8.32 Å². The van der Waals surface area contributed by atoms with E-state index in [0.717, 1.165) is 4.48 Å². The Balaban J connectivity index is 1.76. The number of hydrogen-bond acceptors (Lipinski definition) is 1. The number of benzene rings is 2. The smallest absolute Gasteiger partial charge is 0.261 e. The van der Waals surface area contributed by atoms with Gasteiger partial charge in [0.15, 0.2) is 0 Å². The van der Waals surface area contributed by atoms with Crippen LogP contribution in [0.3, 0.4) is 0 Å². The van der Waals surface area contributed by atoms with Crippen LogP contribution in [-0.4, -0.2) is 14.9 Å². The van der Waals surface area contributed by atoms with Gasteiger partial charge in [-0.05, 0) is 71.7 Å². The molecule has 0 spiro atoms. The van der Waals surface area contributed by atoms with Gasteiger partial charge in [0, 0.05) is 4.48 Å². The van der Waals surface area contributed by atoms with Gasteiger partial charge in [-0.3, -0.25) is 0 Å². The monoisotopic (exact) mass is 588 g/mol. The molecule has 0 atom stereocenters. The van der Waals surface area contributed by atoms with Crippen molar-refractivity contribution in [3.63, 3.8) is 0 Å². The second-order valence-electron chi connectivity index (χ2n) is 12.1. The Bertz CT molecular complexity index is 1170. The molecule has 0 radical (unpaired) electrons. The number of allylic oxidation sites excluding steroid dienone is 9. The lowest BCUT2D eigenvalue weighted by Crippen LogP contribution is -2.66. The van der Waals surface area contributed by atoms with Crippen LogP contribution >= 0.6 is 15.9 Å². The Kier molecular flexibility index (Phi) is 10.6. The Morgan fingerprint density at radius 2 is 1.55 bits per heavy atom. The van der Waals surface area contributed by atoms with Crippen molar-refractivity contribution >= 4 is 34.6 Å². The largest absolute Gasteiger partial charge is 0.404 e. The standard InChI is InChI=1S/C35H45BrOSi/c1-28(23-24-33-29(2)17-15-26-35(33,6)7)16-14-18-30(36)25-27-37-38(34(3,4)5,31-19-10-8-11-20-31)32-21-12-9-13-22-32/h8-14,16,18-25H,15,17,26-27H2,1-7H3/b18-14+,24-23+,28-16+,30-25-. The molecule has 3 rings (SSSR count). The Labute approximate surface area is 241 Å². The van der Waals surface area contributed by atoms with Crippen molar-refractivity contribution in [2.45, 2.75) is 72.8 Å². The van der Waals surface area contributed by atoms with E-state index in [2.05, 4.69) is 162 Å². The van der Waals surface area contributed by atoms with E-state index in [9.17, 15) is 0 Å². The van der Waals surface area contributed by atoms with Gasteiger partial charge in [-0.15, -0.1) is 0 Å². The molecule has 0 saturated heterocycles. The zero-order valence-electron chi connectivity index (χ0n) is 24.4. The highest BCUT2D eigenvalue weighted by Crippen LogP contribution is 2.41. The predicted molar refractivity (Wildman–Crippen MR) is 173 cm³/mol. The minimum atomic E-state index is -2.53. The summed E-state index contributed by atoms with van der Waals surface area (Å²) in [6.45, 7) is 16.7. The third-order valence-electron chi connectivity index (χ3n) is 7.66. The van der Waals surface area contributed by atoms with E-state index in [0.29, 0.717) is 6.61 Å². The molecular formula is C35H45BrOSi. The van der Waals surface area contributed by atoms with Gasteiger partial charge in [-0.25, -0.2) is 0 Å². The summed E-state index contributed by atoms with van der Waals surface area (Å²) in [6, 6.07) is 21.6. The average Bonchev–Trinajstić information content (AvgIpc) is 2.86. The first kappa shape index (κ1) is 30.3. The van der Waals surface area contributed by atoms with Crippen LogP contribution in [0.2, 0.25) is 5.04 Å². The van der Waals surface area contributed by atoms with Gasteiger partial charge in [0.2, 0.25) is 0 Å². The fraction of sp³-hybridized carbons (Fsp3) is 0.371. The van der Waals surface area contributed by atoms with E-state index in [1.54, 1.807) is 0 Å². The molecule has 2 aromatic rings. The molecule has 202 valence electrons. The molecule has 0 unspecified atom stereocenters. The topological polar surface area (TPSA) is 9.23 Å². The van der Waals surface area contributed by atoms with Crippen LogP contribution in [0.25, 0.3) is 0 Å². The highest BCUT2D eigenvalue weighted by Gasteiger charge is 2.49. The summed E-state index contributed by atoms with van der Waals surface area (Å²) < 4.78 is 7.99. The normalized spacial score (nSPS) is 17.6. The summed E-state index contributed by atoms with van der Waals surface area (Å²) in [5.41, 5.74) is 4.55. The van der Waals surface area contributed by atoms with Crippen molar-refractivity contribution < 1.29 is 4.43 Å². The van der Waals surface area contributed by atoms with Crippen LogP contribution in [0.15, 0.2) is 118 Å². The molecule has 0 amide bonds. The molecule has 0 N–H and O–H groups in total. The Morgan fingerprint density at radius 1 is 0.974 bits per heavy atom. The molecular weight excluding hydrogens is 544 g/mol.